The molecule has 0 fully saturated rings. The number of carbonyl (C=O) groups excluding carboxylic acids is 1. The van der Waals surface area contributed by atoms with Crippen molar-refractivity contribution in [2.45, 2.75) is 31.9 Å². The number of aliphatic hydroxyl groups is 1. The van der Waals surface area contributed by atoms with E-state index in [0.717, 1.165) is 12.1 Å². The largest absolute Gasteiger partial charge is 0.426 e. The summed E-state index contributed by atoms with van der Waals surface area (Å²) in [7, 11) is 2.79. The maximum absolute atomic E-state index is 13.0. The predicted molar refractivity (Wildman–Crippen MR) is 100 cm³/mol. The Morgan fingerprint density at radius 2 is 2.03 bits per heavy atom. The summed E-state index contributed by atoms with van der Waals surface area (Å²) in [5.41, 5.74) is 6.16. The molecular weight excluding hydrogens is 405 g/mol. The fraction of sp³-hybridized carbons (Fsp3) is 0.421. The minimum atomic E-state index is -4.56. The van der Waals surface area contributed by atoms with Crippen LogP contribution in [0.2, 0.25) is 0 Å². The van der Waals surface area contributed by atoms with Gasteiger partial charge in [0.1, 0.15) is 12.2 Å². The zero-order chi connectivity index (χ0) is 22.1. The lowest BCUT2D eigenvalue weighted by molar-refractivity contribution is -0.137. The SMILES string of the molecule is COC(OC)c1nc2c(cc1CO)CCC[N+]2(C(N)=O)c1ccc(C(F)(F)F)cn1. The second kappa shape index (κ2) is 8.26. The molecule has 1 unspecified atom stereocenters. The molecule has 0 aliphatic carbocycles. The number of primary amides is 1. The summed E-state index contributed by atoms with van der Waals surface area (Å²) in [4.78, 5) is 21.1. The molecule has 3 rings (SSSR count). The van der Waals surface area contributed by atoms with E-state index in [1.165, 1.54) is 14.2 Å². The van der Waals surface area contributed by atoms with Gasteiger partial charge in [0.2, 0.25) is 17.9 Å². The molecule has 8 nitrogen and oxygen atoms in total. The number of nitrogens with zero attached hydrogens (tertiary/aromatic N) is 3. The number of urea groups is 1. The van der Waals surface area contributed by atoms with Gasteiger partial charge in [0.25, 0.3) is 0 Å². The number of fused-ring (bicyclic) bond motifs is 1. The molecule has 1 aliphatic rings. The Hall–Kier alpha value is -2.60. The normalized spacial score (nSPS) is 19.0. The third-order valence-electron chi connectivity index (χ3n) is 5.16. The van der Waals surface area contributed by atoms with Gasteiger partial charge in [-0.1, -0.05) is 0 Å². The highest BCUT2D eigenvalue weighted by Crippen LogP contribution is 2.41. The standard InChI is InChI=1S/C19H21F3N4O4/c1-29-17(30-2)15-12(10-27)8-11-4-3-7-26(18(23)28,16(11)25-15)14-6-5-13(9-24-14)19(20,21)22/h5-6,8-9,17,27H,3-4,7,10H2,1-2H3,(H-,23,28)/p+1. The van der Waals surface area contributed by atoms with Crippen molar-refractivity contribution >= 4 is 17.7 Å². The third kappa shape index (κ3) is 3.65. The van der Waals surface area contributed by atoms with Crippen molar-refractivity contribution in [1.29, 1.82) is 0 Å². The first kappa shape index (κ1) is 22.1. The van der Waals surface area contributed by atoms with Crippen LogP contribution in [0.1, 0.15) is 35.1 Å². The van der Waals surface area contributed by atoms with Gasteiger partial charge in [0, 0.05) is 44.0 Å². The average molecular weight is 427 g/mol. The zero-order valence-electron chi connectivity index (χ0n) is 16.4. The molecule has 2 aromatic rings. The summed E-state index contributed by atoms with van der Waals surface area (Å²) in [5.74, 6) is 0.255. The van der Waals surface area contributed by atoms with Crippen LogP contribution in [-0.4, -0.2) is 41.9 Å². The number of hydrogen-bond acceptors (Lipinski definition) is 6. The van der Waals surface area contributed by atoms with Crippen LogP contribution in [0.3, 0.4) is 0 Å². The van der Waals surface area contributed by atoms with Gasteiger partial charge in [0.15, 0.2) is 0 Å². The van der Waals surface area contributed by atoms with E-state index in [4.69, 9.17) is 15.2 Å². The molecule has 0 aromatic carbocycles. The number of rotatable bonds is 5. The Balaban J connectivity index is 2.24. The van der Waals surface area contributed by atoms with Crippen molar-refractivity contribution in [2.75, 3.05) is 20.8 Å². The van der Waals surface area contributed by atoms with Crippen molar-refractivity contribution in [2.24, 2.45) is 5.73 Å². The van der Waals surface area contributed by atoms with Crippen molar-refractivity contribution in [3.8, 4) is 0 Å². The minimum Gasteiger partial charge on any atom is -0.392 e. The summed E-state index contributed by atoms with van der Waals surface area (Å²) < 4.78 is 48.7. The second-order valence-corrected chi connectivity index (χ2v) is 6.85. The van der Waals surface area contributed by atoms with E-state index in [2.05, 4.69) is 9.97 Å². The number of carbonyl (C=O) groups is 1. The quantitative estimate of drug-likeness (QED) is 0.561. The van der Waals surface area contributed by atoms with Crippen LogP contribution >= 0.6 is 0 Å². The fourth-order valence-electron chi connectivity index (χ4n) is 3.71. The van der Waals surface area contributed by atoms with E-state index in [1.54, 1.807) is 6.07 Å². The molecule has 162 valence electrons. The van der Waals surface area contributed by atoms with Gasteiger partial charge in [-0.25, -0.2) is 9.78 Å². The molecule has 2 aromatic heterocycles. The Labute approximate surface area is 170 Å². The van der Waals surface area contributed by atoms with Crippen LogP contribution < -0.4 is 10.2 Å². The van der Waals surface area contributed by atoms with Crippen LogP contribution in [0.15, 0.2) is 24.4 Å². The van der Waals surface area contributed by atoms with E-state index >= 15 is 0 Å². The summed E-state index contributed by atoms with van der Waals surface area (Å²) in [6.07, 6.45) is -3.75. The Bertz CT molecular complexity index is 933. The first-order valence-electron chi connectivity index (χ1n) is 9.10. The van der Waals surface area contributed by atoms with Gasteiger partial charge in [-0.2, -0.15) is 18.2 Å². The van der Waals surface area contributed by atoms with E-state index in [9.17, 15) is 23.1 Å². The van der Waals surface area contributed by atoms with E-state index in [0.29, 0.717) is 30.2 Å². The van der Waals surface area contributed by atoms with Gasteiger partial charge in [-0.05, 0) is 18.6 Å². The van der Waals surface area contributed by atoms with E-state index < -0.39 is 28.5 Å². The number of ether oxygens (including phenoxy) is 2. The smallest absolute Gasteiger partial charge is 0.392 e. The van der Waals surface area contributed by atoms with Gasteiger partial charge in [-0.3, -0.25) is 0 Å². The molecule has 1 atom stereocenters. The van der Waals surface area contributed by atoms with Gasteiger partial charge in [-0.15, -0.1) is 4.48 Å². The molecular formula is C19H22F3N4O4+. The molecule has 1 aliphatic heterocycles. The number of quaternary nitrogens is 1. The second-order valence-electron chi connectivity index (χ2n) is 6.85. The molecule has 0 spiro atoms. The number of alkyl halides is 3. The van der Waals surface area contributed by atoms with Crippen LogP contribution in [0.4, 0.5) is 29.6 Å². The van der Waals surface area contributed by atoms with Crippen LogP contribution in [0, 0.1) is 0 Å². The summed E-state index contributed by atoms with van der Waals surface area (Å²) in [5, 5.41) is 9.76. The Morgan fingerprint density at radius 1 is 1.33 bits per heavy atom. The van der Waals surface area contributed by atoms with E-state index in [1.807, 2.05) is 0 Å². The van der Waals surface area contributed by atoms with Crippen LogP contribution in [-0.2, 0) is 28.7 Å². The van der Waals surface area contributed by atoms with Gasteiger partial charge >= 0.3 is 12.2 Å². The molecule has 0 bridgehead atoms. The fourth-order valence-corrected chi connectivity index (χ4v) is 3.71. The van der Waals surface area contributed by atoms with Crippen LogP contribution in [0.5, 0.6) is 0 Å². The van der Waals surface area contributed by atoms with E-state index in [-0.39, 0.29) is 30.5 Å². The highest BCUT2D eigenvalue weighted by molar-refractivity contribution is 5.92. The Kier molecular flexibility index (Phi) is 6.09. The number of methoxy groups -OCH3 is 2. The minimum absolute atomic E-state index is 0.0260. The lowest BCUT2D eigenvalue weighted by Gasteiger charge is -2.36. The molecule has 2 amide bonds. The predicted octanol–water partition coefficient (Wildman–Crippen LogP) is 2.94. The monoisotopic (exact) mass is 427 g/mol. The number of hydrogen-bond donors (Lipinski definition) is 2. The third-order valence-corrected chi connectivity index (χ3v) is 5.16. The highest BCUT2D eigenvalue weighted by Gasteiger charge is 2.48. The topological polar surface area (TPSA) is 108 Å². The summed E-state index contributed by atoms with van der Waals surface area (Å²) >= 11 is 0. The van der Waals surface area contributed by atoms with Crippen molar-refractivity contribution < 1.29 is 32.5 Å². The van der Waals surface area contributed by atoms with Crippen LogP contribution in [0.25, 0.3) is 0 Å². The first-order chi connectivity index (χ1) is 14.2. The zero-order valence-corrected chi connectivity index (χ0v) is 16.4. The number of aryl methyl sites for hydroxylation is 1. The molecule has 0 saturated carbocycles. The maximum atomic E-state index is 13.0. The van der Waals surface area contributed by atoms with Crippen molar-refractivity contribution in [1.82, 2.24) is 14.5 Å². The molecule has 0 saturated heterocycles. The number of halogens is 3. The molecule has 11 heteroatoms. The summed E-state index contributed by atoms with van der Waals surface area (Å²) in [6, 6.07) is 2.84. The highest BCUT2D eigenvalue weighted by atomic mass is 19.4. The lowest BCUT2D eigenvalue weighted by Crippen LogP contribution is -2.56. The van der Waals surface area contributed by atoms with Crippen molar-refractivity contribution in [3.05, 3.63) is 46.8 Å². The maximum Gasteiger partial charge on any atom is 0.426 e. The van der Waals surface area contributed by atoms with Gasteiger partial charge < -0.3 is 20.3 Å². The molecule has 3 heterocycles. The number of pyridine rings is 2. The lowest BCUT2D eigenvalue weighted by atomic mass is 9.99. The molecule has 0 radical (unpaired) electrons. The molecule has 3 N–H and O–H groups in total. The summed E-state index contributed by atoms with van der Waals surface area (Å²) in [6.45, 7) is -0.163. The van der Waals surface area contributed by atoms with Gasteiger partial charge in [0.05, 0.1) is 12.2 Å². The van der Waals surface area contributed by atoms with Crippen molar-refractivity contribution in [3.63, 3.8) is 0 Å². The number of nitrogens with two attached hydrogens (primary N) is 1. The molecule has 30 heavy (non-hydrogen) atoms. The number of amides is 2. The Morgan fingerprint density at radius 3 is 2.53 bits per heavy atom. The number of aromatic nitrogens is 2. The first-order valence-corrected chi connectivity index (χ1v) is 9.10. The number of aliphatic hydroxyl groups excluding tert-OH is 1. The average Bonchev–Trinajstić information content (AvgIpc) is 2.73.